The van der Waals surface area contributed by atoms with E-state index in [9.17, 15) is 9.18 Å². The number of rotatable bonds is 7. The van der Waals surface area contributed by atoms with Crippen LogP contribution < -0.4 is 5.32 Å². The third-order valence-corrected chi connectivity index (χ3v) is 5.42. The van der Waals surface area contributed by atoms with Gasteiger partial charge in [-0.2, -0.15) is 0 Å². The van der Waals surface area contributed by atoms with Gasteiger partial charge in [0.15, 0.2) is 0 Å². The number of likely N-dealkylation sites (N-methyl/N-ethyl adjacent to an activating group) is 1. The van der Waals surface area contributed by atoms with Gasteiger partial charge in [-0.15, -0.1) is 0 Å². The van der Waals surface area contributed by atoms with Gasteiger partial charge in [0.05, 0.1) is 12.6 Å². The lowest BCUT2D eigenvalue weighted by Crippen LogP contribution is -2.34. The van der Waals surface area contributed by atoms with E-state index in [1.54, 1.807) is 12.1 Å². The van der Waals surface area contributed by atoms with Gasteiger partial charge in [-0.1, -0.05) is 91.0 Å². The fourth-order valence-corrected chi connectivity index (χ4v) is 3.95. The lowest BCUT2D eigenvalue weighted by molar-refractivity contribution is -0.117. The molecule has 160 valence electrons. The van der Waals surface area contributed by atoms with Crippen LogP contribution in [0.5, 0.6) is 0 Å². The first kappa shape index (κ1) is 21.5. The molecular formula is C28H25FN2O. The van der Waals surface area contributed by atoms with Crippen LogP contribution in [0.3, 0.4) is 0 Å². The monoisotopic (exact) mass is 424 g/mol. The van der Waals surface area contributed by atoms with Crippen LogP contribution in [-0.4, -0.2) is 24.4 Å². The van der Waals surface area contributed by atoms with Crippen molar-refractivity contribution < 1.29 is 9.18 Å². The van der Waals surface area contributed by atoms with E-state index in [0.29, 0.717) is 0 Å². The van der Waals surface area contributed by atoms with Crippen molar-refractivity contribution in [3.8, 4) is 11.1 Å². The van der Waals surface area contributed by atoms with E-state index >= 15 is 0 Å². The predicted octanol–water partition coefficient (Wildman–Crippen LogP) is 6.15. The zero-order chi connectivity index (χ0) is 22.3. The van der Waals surface area contributed by atoms with Crippen LogP contribution in [0.15, 0.2) is 109 Å². The first-order valence-corrected chi connectivity index (χ1v) is 10.6. The average molecular weight is 425 g/mol. The average Bonchev–Trinajstić information content (AvgIpc) is 2.82. The lowest BCUT2D eigenvalue weighted by Gasteiger charge is -2.28. The standard InChI is InChI=1S/C28H25FN2O/c1-31(28(22-12-6-3-7-13-22)23-16-18-24(29)19-17-23)20-27(32)30-26-15-9-8-14-25(26)21-10-4-2-5-11-21/h2-19,28H,20H2,1H3,(H,30,32). The molecule has 1 atom stereocenters. The second-order valence-electron chi connectivity index (χ2n) is 7.74. The molecule has 0 spiro atoms. The molecule has 4 rings (SSSR count). The minimum absolute atomic E-state index is 0.112. The fourth-order valence-electron chi connectivity index (χ4n) is 3.95. The highest BCUT2D eigenvalue weighted by Gasteiger charge is 2.22. The van der Waals surface area contributed by atoms with Crippen LogP contribution in [0.25, 0.3) is 11.1 Å². The Bertz CT molecular complexity index is 1160. The number of carbonyl (C=O) groups excluding carboxylic acids is 1. The molecule has 0 saturated carbocycles. The number of benzene rings is 4. The minimum atomic E-state index is -0.279. The highest BCUT2D eigenvalue weighted by molar-refractivity contribution is 5.96. The molecule has 0 fully saturated rings. The Labute approximate surface area is 188 Å². The molecule has 0 heterocycles. The maximum atomic E-state index is 13.5. The van der Waals surface area contributed by atoms with Crippen LogP contribution in [0.1, 0.15) is 17.2 Å². The van der Waals surface area contributed by atoms with E-state index < -0.39 is 0 Å². The van der Waals surface area contributed by atoms with Crippen molar-refractivity contribution in [2.75, 3.05) is 18.9 Å². The second kappa shape index (κ2) is 10.0. The molecule has 0 saturated heterocycles. The van der Waals surface area contributed by atoms with Gasteiger partial charge in [-0.3, -0.25) is 9.69 Å². The normalized spacial score (nSPS) is 11.8. The lowest BCUT2D eigenvalue weighted by atomic mass is 9.97. The van der Waals surface area contributed by atoms with Crippen LogP contribution in [0.4, 0.5) is 10.1 Å². The second-order valence-corrected chi connectivity index (χ2v) is 7.74. The molecule has 1 unspecified atom stereocenters. The molecule has 0 aliphatic heterocycles. The molecule has 1 N–H and O–H groups in total. The summed E-state index contributed by atoms with van der Waals surface area (Å²) in [5.74, 6) is -0.391. The number of amides is 1. The van der Waals surface area contributed by atoms with E-state index in [1.807, 2.05) is 96.9 Å². The zero-order valence-corrected chi connectivity index (χ0v) is 17.9. The fraction of sp³-hybridized carbons (Fsp3) is 0.107. The maximum Gasteiger partial charge on any atom is 0.238 e. The van der Waals surface area contributed by atoms with Gasteiger partial charge in [-0.05, 0) is 41.9 Å². The number of carbonyl (C=O) groups is 1. The summed E-state index contributed by atoms with van der Waals surface area (Å²) in [7, 11) is 1.91. The van der Waals surface area contributed by atoms with Crippen LogP contribution >= 0.6 is 0 Å². The maximum absolute atomic E-state index is 13.5. The molecular weight excluding hydrogens is 399 g/mol. The number of para-hydroxylation sites is 1. The SMILES string of the molecule is CN(CC(=O)Nc1ccccc1-c1ccccc1)C(c1ccccc1)c1ccc(F)cc1. The highest BCUT2D eigenvalue weighted by atomic mass is 19.1. The van der Waals surface area contributed by atoms with Crippen LogP contribution in [-0.2, 0) is 4.79 Å². The van der Waals surface area contributed by atoms with Crippen molar-refractivity contribution in [2.24, 2.45) is 0 Å². The molecule has 0 aliphatic carbocycles. The van der Waals surface area contributed by atoms with E-state index in [4.69, 9.17) is 0 Å². The van der Waals surface area contributed by atoms with Gasteiger partial charge in [0.25, 0.3) is 0 Å². The molecule has 3 nitrogen and oxygen atoms in total. The number of nitrogens with one attached hydrogen (secondary N) is 1. The van der Waals surface area contributed by atoms with Gasteiger partial charge >= 0.3 is 0 Å². The predicted molar refractivity (Wildman–Crippen MR) is 128 cm³/mol. The molecule has 4 aromatic rings. The summed E-state index contributed by atoms with van der Waals surface area (Å²) in [4.78, 5) is 15.0. The summed E-state index contributed by atoms with van der Waals surface area (Å²) >= 11 is 0. The topological polar surface area (TPSA) is 32.3 Å². The number of anilines is 1. The quantitative estimate of drug-likeness (QED) is 0.386. The Kier molecular flexibility index (Phi) is 6.73. The Morgan fingerprint density at radius 3 is 2.03 bits per heavy atom. The molecule has 0 bridgehead atoms. The summed E-state index contributed by atoms with van der Waals surface area (Å²) in [5, 5.41) is 3.07. The summed E-state index contributed by atoms with van der Waals surface area (Å²) in [5.41, 5.74) is 4.76. The minimum Gasteiger partial charge on any atom is -0.324 e. The molecule has 4 heteroatoms. The molecule has 0 radical (unpaired) electrons. The van der Waals surface area contributed by atoms with Gasteiger partial charge in [0, 0.05) is 11.3 Å². The van der Waals surface area contributed by atoms with Crippen LogP contribution in [0.2, 0.25) is 0 Å². The third kappa shape index (κ3) is 5.10. The third-order valence-electron chi connectivity index (χ3n) is 5.42. The van der Waals surface area contributed by atoms with E-state index in [-0.39, 0.29) is 24.3 Å². The Balaban J connectivity index is 1.55. The van der Waals surface area contributed by atoms with Crippen molar-refractivity contribution in [1.82, 2.24) is 4.90 Å². The van der Waals surface area contributed by atoms with Gasteiger partial charge < -0.3 is 5.32 Å². The number of hydrogen-bond donors (Lipinski definition) is 1. The Morgan fingerprint density at radius 1 is 0.781 bits per heavy atom. The van der Waals surface area contributed by atoms with E-state index in [1.165, 1.54) is 12.1 Å². The van der Waals surface area contributed by atoms with Crippen molar-refractivity contribution in [3.05, 3.63) is 126 Å². The van der Waals surface area contributed by atoms with Gasteiger partial charge in [0.1, 0.15) is 5.82 Å². The zero-order valence-electron chi connectivity index (χ0n) is 17.9. The van der Waals surface area contributed by atoms with Gasteiger partial charge in [0.2, 0.25) is 5.91 Å². The largest absolute Gasteiger partial charge is 0.324 e. The van der Waals surface area contributed by atoms with Crippen molar-refractivity contribution >= 4 is 11.6 Å². The smallest absolute Gasteiger partial charge is 0.238 e. The van der Waals surface area contributed by atoms with Crippen molar-refractivity contribution in [2.45, 2.75) is 6.04 Å². The molecule has 4 aromatic carbocycles. The summed E-state index contributed by atoms with van der Waals surface area (Å²) < 4.78 is 13.5. The summed E-state index contributed by atoms with van der Waals surface area (Å²) in [6, 6.07) is 34.0. The highest BCUT2D eigenvalue weighted by Crippen LogP contribution is 2.29. The first-order chi connectivity index (χ1) is 15.6. The molecule has 32 heavy (non-hydrogen) atoms. The van der Waals surface area contributed by atoms with Crippen molar-refractivity contribution in [3.63, 3.8) is 0 Å². The number of nitrogens with zero attached hydrogens (tertiary/aromatic N) is 1. The van der Waals surface area contributed by atoms with Crippen LogP contribution in [0, 0.1) is 5.82 Å². The molecule has 1 amide bonds. The number of hydrogen-bond acceptors (Lipinski definition) is 2. The number of halogens is 1. The Morgan fingerprint density at radius 2 is 1.34 bits per heavy atom. The van der Waals surface area contributed by atoms with E-state index in [0.717, 1.165) is 27.9 Å². The summed E-state index contributed by atoms with van der Waals surface area (Å²) in [6.45, 7) is 0.181. The summed E-state index contributed by atoms with van der Waals surface area (Å²) in [6.07, 6.45) is 0. The molecule has 0 aliphatic rings. The first-order valence-electron chi connectivity index (χ1n) is 10.6. The van der Waals surface area contributed by atoms with E-state index in [2.05, 4.69) is 5.32 Å². The van der Waals surface area contributed by atoms with Crippen molar-refractivity contribution in [1.29, 1.82) is 0 Å². The van der Waals surface area contributed by atoms with Gasteiger partial charge in [-0.25, -0.2) is 4.39 Å². The Hall–Kier alpha value is -3.76. The molecule has 0 aromatic heterocycles.